The molecule has 7 nitrogen and oxygen atoms in total. The lowest BCUT2D eigenvalue weighted by Gasteiger charge is -2.34. The molecule has 0 radical (unpaired) electrons. The van der Waals surface area contributed by atoms with Crippen LogP contribution in [0.2, 0.25) is 5.02 Å². The number of imidazole rings is 1. The van der Waals surface area contributed by atoms with Gasteiger partial charge in [0.1, 0.15) is 0 Å². The second-order valence-corrected chi connectivity index (χ2v) is 10.4. The molecule has 0 bridgehead atoms. The van der Waals surface area contributed by atoms with Crippen molar-refractivity contribution in [1.82, 2.24) is 19.2 Å². The van der Waals surface area contributed by atoms with E-state index in [1.807, 2.05) is 25.1 Å². The Kier molecular flexibility index (Phi) is 6.06. The van der Waals surface area contributed by atoms with Crippen LogP contribution >= 0.6 is 23.4 Å². The second kappa shape index (κ2) is 8.58. The molecule has 158 valence electrons. The summed E-state index contributed by atoms with van der Waals surface area (Å²) in [6.45, 7) is 3.29. The SMILES string of the molecule is Cc1ccc2nc(SCC(=O)N3CCN(S(=O)(=O)c4ccc(Cl)cc4)CC3)[nH]c2c1. The van der Waals surface area contributed by atoms with Crippen LogP contribution in [0.15, 0.2) is 52.5 Å². The lowest BCUT2D eigenvalue weighted by Crippen LogP contribution is -2.50. The van der Waals surface area contributed by atoms with E-state index in [1.165, 1.54) is 28.2 Å². The molecule has 1 amide bonds. The van der Waals surface area contributed by atoms with E-state index in [0.29, 0.717) is 23.3 Å². The van der Waals surface area contributed by atoms with Crippen LogP contribution in [0.1, 0.15) is 5.56 Å². The summed E-state index contributed by atoms with van der Waals surface area (Å²) < 4.78 is 26.9. The van der Waals surface area contributed by atoms with Gasteiger partial charge >= 0.3 is 0 Å². The van der Waals surface area contributed by atoms with Gasteiger partial charge in [0.05, 0.1) is 21.7 Å². The molecule has 2 aromatic carbocycles. The third-order valence-electron chi connectivity index (χ3n) is 4.99. The van der Waals surface area contributed by atoms with Crippen LogP contribution in [0.5, 0.6) is 0 Å². The topological polar surface area (TPSA) is 86.4 Å². The molecule has 3 aromatic rings. The van der Waals surface area contributed by atoms with Crippen molar-refractivity contribution in [3.05, 3.63) is 53.1 Å². The fourth-order valence-corrected chi connectivity index (χ4v) is 5.66. The van der Waals surface area contributed by atoms with Gasteiger partial charge in [0.25, 0.3) is 0 Å². The van der Waals surface area contributed by atoms with Crippen LogP contribution in [0.3, 0.4) is 0 Å². The molecule has 0 aliphatic carbocycles. The predicted octanol–water partition coefficient (Wildman–Crippen LogP) is 3.15. The number of benzene rings is 2. The first kappa shape index (κ1) is 21.2. The maximum absolute atomic E-state index is 12.8. The maximum Gasteiger partial charge on any atom is 0.243 e. The van der Waals surface area contributed by atoms with Crippen molar-refractivity contribution in [2.75, 3.05) is 31.9 Å². The summed E-state index contributed by atoms with van der Waals surface area (Å²) in [5, 5.41) is 1.19. The van der Waals surface area contributed by atoms with Crippen LogP contribution in [0.25, 0.3) is 11.0 Å². The van der Waals surface area contributed by atoms with Gasteiger partial charge < -0.3 is 9.88 Å². The number of aromatic amines is 1. The molecule has 0 unspecified atom stereocenters. The fourth-order valence-electron chi connectivity index (χ4n) is 3.32. The molecular weight excluding hydrogens is 444 g/mol. The summed E-state index contributed by atoms with van der Waals surface area (Å²) in [6.07, 6.45) is 0. The van der Waals surface area contributed by atoms with Gasteiger partial charge in [-0.2, -0.15) is 4.31 Å². The molecule has 0 atom stereocenters. The van der Waals surface area contributed by atoms with E-state index in [4.69, 9.17) is 11.6 Å². The summed E-state index contributed by atoms with van der Waals surface area (Å²) in [4.78, 5) is 22.2. The van der Waals surface area contributed by atoms with E-state index in [2.05, 4.69) is 9.97 Å². The number of halogens is 1. The molecule has 0 spiro atoms. The Morgan fingerprint density at radius 3 is 2.53 bits per heavy atom. The van der Waals surface area contributed by atoms with Gasteiger partial charge in [-0.15, -0.1) is 0 Å². The zero-order valence-corrected chi connectivity index (χ0v) is 18.7. The highest BCUT2D eigenvalue weighted by molar-refractivity contribution is 7.99. The lowest BCUT2D eigenvalue weighted by atomic mass is 10.2. The van der Waals surface area contributed by atoms with Gasteiger partial charge in [-0.1, -0.05) is 29.4 Å². The molecule has 1 fully saturated rings. The predicted molar refractivity (Wildman–Crippen MR) is 118 cm³/mol. The summed E-state index contributed by atoms with van der Waals surface area (Å²) >= 11 is 7.20. The summed E-state index contributed by atoms with van der Waals surface area (Å²) in [5.74, 6) is 0.225. The van der Waals surface area contributed by atoms with Crippen LogP contribution < -0.4 is 0 Å². The maximum atomic E-state index is 12.8. The standard InChI is InChI=1S/C20H21ClN4O3S2/c1-14-2-7-17-18(12-14)23-20(22-17)29-13-19(26)24-8-10-25(11-9-24)30(27,28)16-5-3-15(21)4-6-16/h2-7,12H,8-11,13H2,1H3,(H,22,23). The Hall–Kier alpha value is -2.07. The van der Waals surface area contributed by atoms with Gasteiger partial charge in [0.15, 0.2) is 5.16 Å². The quantitative estimate of drug-likeness (QED) is 0.586. The van der Waals surface area contributed by atoms with E-state index >= 15 is 0 Å². The van der Waals surface area contributed by atoms with Gasteiger partial charge in [0.2, 0.25) is 15.9 Å². The van der Waals surface area contributed by atoms with Crippen LogP contribution in [0, 0.1) is 6.92 Å². The van der Waals surface area contributed by atoms with Crippen LogP contribution in [-0.2, 0) is 14.8 Å². The van der Waals surface area contributed by atoms with Crippen molar-refractivity contribution in [3.8, 4) is 0 Å². The number of hydrogen-bond acceptors (Lipinski definition) is 5. The van der Waals surface area contributed by atoms with Crippen molar-refractivity contribution in [1.29, 1.82) is 0 Å². The Bertz CT molecular complexity index is 1170. The number of nitrogens with zero attached hydrogens (tertiary/aromatic N) is 3. The summed E-state index contributed by atoms with van der Waals surface area (Å²) in [7, 11) is -3.59. The number of hydrogen-bond donors (Lipinski definition) is 1. The molecule has 1 aliphatic rings. The van der Waals surface area contributed by atoms with E-state index in [0.717, 1.165) is 16.6 Å². The van der Waals surface area contributed by atoms with E-state index < -0.39 is 10.0 Å². The van der Waals surface area contributed by atoms with Crippen molar-refractivity contribution in [3.63, 3.8) is 0 Å². The zero-order valence-electron chi connectivity index (χ0n) is 16.3. The molecule has 2 heterocycles. The van der Waals surface area contributed by atoms with Gasteiger partial charge in [0, 0.05) is 31.2 Å². The van der Waals surface area contributed by atoms with Crippen molar-refractivity contribution < 1.29 is 13.2 Å². The zero-order chi connectivity index (χ0) is 21.3. The molecule has 1 aromatic heterocycles. The first-order chi connectivity index (χ1) is 14.3. The first-order valence-electron chi connectivity index (χ1n) is 9.45. The molecule has 1 aliphatic heterocycles. The average Bonchev–Trinajstić information content (AvgIpc) is 3.14. The molecule has 1 N–H and O–H groups in total. The minimum absolute atomic E-state index is 0.0276. The average molecular weight is 465 g/mol. The highest BCUT2D eigenvalue weighted by Gasteiger charge is 2.30. The minimum Gasteiger partial charge on any atom is -0.339 e. The Morgan fingerprint density at radius 2 is 1.83 bits per heavy atom. The first-order valence-corrected chi connectivity index (χ1v) is 12.3. The number of aromatic nitrogens is 2. The number of amides is 1. The van der Waals surface area contributed by atoms with E-state index in [-0.39, 0.29) is 29.6 Å². The van der Waals surface area contributed by atoms with Gasteiger partial charge in [-0.25, -0.2) is 13.4 Å². The minimum atomic E-state index is -3.59. The lowest BCUT2D eigenvalue weighted by molar-refractivity contribution is -0.129. The molecule has 0 saturated carbocycles. The summed E-state index contributed by atoms with van der Waals surface area (Å²) in [5.41, 5.74) is 2.97. The number of carbonyl (C=O) groups is 1. The van der Waals surface area contributed by atoms with Gasteiger partial charge in [-0.05, 0) is 48.9 Å². The number of H-pyrrole nitrogens is 1. The van der Waals surface area contributed by atoms with Crippen molar-refractivity contribution in [2.24, 2.45) is 0 Å². The van der Waals surface area contributed by atoms with Gasteiger partial charge in [-0.3, -0.25) is 4.79 Å². The number of rotatable bonds is 5. The number of piperazine rings is 1. The number of fused-ring (bicyclic) bond motifs is 1. The Morgan fingerprint density at radius 1 is 1.13 bits per heavy atom. The monoisotopic (exact) mass is 464 g/mol. The largest absolute Gasteiger partial charge is 0.339 e. The second-order valence-electron chi connectivity index (χ2n) is 7.09. The molecule has 30 heavy (non-hydrogen) atoms. The number of sulfonamides is 1. The smallest absolute Gasteiger partial charge is 0.243 e. The molecule has 4 rings (SSSR count). The van der Waals surface area contributed by atoms with E-state index in [9.17, 15) is 13.2 Å². The number of aryl methyl sites for hydroxylation is 1. The van der Waals surface area contributed by atoms with Crippen LogP contribution in [0.4, 0.5) is 0 Å². The fraction of sp³-hybridized carbons (Fsp3) is 0.300. The van der Waals surface area contributed by atoms with Crippen molar-refractivity contribution in [2.45, 2.75) is 17.0 Å². The number of nitrogens with one attached hydrogen (secondary N) is 1. The van der Waals surface area contributed by atoms with Crippen LogP contribution in [-0.4, -0.2) is 65.4 Å². The third-order valence-corrected chi connectivity index (χ3v) is 8.01. The summed E-state index contributed by atoms with van der Waals surface area (Å²) in [6, 6.07) is 12.1. The third kappa shape index (κ3) is 4.49. The Balaban J connectivity index is 1.33. The Labute approximate surface area is 184 Å². The normalized spacial score (nSPS) is 15.6. The molecular formula is C20H21ClN4O3S2. The highest BCUT2D eigenvalue weighted by atomic mass is 35.5. The number of carbonyl (C=O) groups excluding carboxylic acids is 1. The molecule has 10 heteroatoms. The highest BCUT2D eigenvalue weighted by Crippen LogP contribution is 2.22. The number of thioether (sulfide) groups is 1. The van der Waals surface area contributed by atoms with Crippen molar-refractivity contribution >= 4 is 50.3 Å². The van der Waals surface area contributed by atoms with E-state index in [1.54, 1.807) is 17.0 Å². The molecule has 1 saturated heterocycles.